The zero-order chi connectivity index (χ0) is 17.3. The summed E-state index contributed by atoms with van der Waals surface area (Å²) in [6.07, 6.45) is -2.87. The van der Waals surface area contributed by atoms with Crippen LogP contribution < -0.4 is 15.4 Å². The first-order valence-electron chi connectivity index (χ1n) is 7.18. The van der Waals surface area contributed by atoms with E-state index in [1.807, 2.05) is 0 Å². The van der Waals surface area contributed by atoms with Crippen LogP contribution >= 0.6 is 0 Å². The monoisotopic (exact) mass is 342 g/mol. The van der Waals surface area contributed by atoms with Gasteiger partial charge in [-0.3, -0.25) is 0 Å². The second-order valence-corrected chi connectivity index (χ2v) is 5.35. The average Bonchev–Trinajstić information content (AvgIpc) is 3.30. The quantitative estimate of drug-likeness (QED) is 0.806. The summed E-state index contributed by atoms with van der Waals surface area (Å²) >= 11 is 0. The highest BCUT2D eigenvalue weighted by molar-refractivity contribution is 5.59. The number of benzene rings is 1. The van der Waals surface area contributed by atoms with Crippen LogP contribution in [0.1, 0.15) is 18.5 Å². The van der Waals surface area contributed by atoms with Crippen molar-refractivity contribution in [2.24, 2.45) is 0 Å². The number of rotatable bonds is 5. The van der Waals surface area contributed by atoms with Gasteiger partial charge < -0.3 is 15.4 Å². The molecule has 2 aromatic rings. The van der Waals surface area contributed by atoms with E-state index in [0.717, 1.165) is 25.0 Å². The Morgan fingerprint density at radius 1 is 1.17 bits per heavy atom. The van der Waals surface area contributed by atoms with E-state index in [1.165, 1.54) is 19.2 Å². The van der Waals surface area contributed by atoms with Crippen LogP contribution in [0.5, 0.6) is 5.75 Å². The van der Waals surface area contributed by atoms with Gasteiger partial charge >= 0.3 is 6.18 Å². The second kappa shape index (κ2) is 6.14. The molecule has 0 amide bonds. The first kappa shape index (κ1) is 16.3. The Balaban J connectivity index is 1.89. The van der Waals surface area contributed by atoms with Gasteiger partial charge in [0.25, 0.3) is 0 Å². The number of nitrogens with one attached hydrogen (secondary N) is 2. The molecular formula is C15H14F4N4O. The number of aromatic nitrogens is 2. The van der Waals surface area contributed by atoms with Crippen molar-refractivity contribution in [1.29, 1.82) is 0 Å². The van der Waals surface area contributed by atoms with E-state index in [1.54, 1.807) is 0 Å². The molecule has 1 aliphatic rings. The van der Waals surface area contributed by atoms with E-state index in [9.17, 15) is 17.6 Å². The predicted octanol–water partition coefficient (Wildman–Crippen LogP) is 3.96. The lowest BCUT2D eigenvalue weighted by molar-refractivity contribution is -0.141. The number of alkyl halides is 3. The highest BCUT2D eigenvalue weighted by Gasteiger charge is 2.34. The molecule has 24 heavy (non-hydrogen) atoms. The fraction of sp³-hybridized carbons (Fsp3) is 0.333. The van der Waals surface area contributed by atoms with Gasteiger partial charge in [-0.25, -0.2) is 9.37 Å². The third-order valence-electron chi connectivity index (χ3n) is 3.35. The topological polar surface area (TPSA) is 59.1 Å². The number of methoxy groups -OCH3 is 1. The summed E-state index contributed by atoms with van der Waals surface area (Å²) in [6.45, 7) is 0. The smallest absolute Gasteiger partial charge is 0.433 e. The molecule has 0 bridgehead atoms. The van der Waals surface area contributed by atoms with Crippen molar-refractivity contribution in [3.05, 3.63) is 35.8 Å². The summed E-state index contributed by atoms with van der Waals surface area (Å²) in [7, 11) is 1.32. The van der Waals surface area contributed by atoms with E-state index >= 15 is 0 Å². The van der Waals surface area contributed by atoms with E-state index in [0.29, 0.717) is 0 Å². The highest BCUT2D eigenvalue weighted by atomic mass is 19.4. The van der Waals surface area contributed by atoms with E-state index < -0.39 is 17.7 Å². The zero-order valence-corrected chi connectivity index (χ0v) is 12.6. The fourth-order valence-corrected chi connectivity index (χ4v) is 2.02. The number of hydrogen-bond acceptors (Lipinski definition) is 5. The van der Waals surface area contributed by atoms with Crippen molar-refractivity contribution in [2.75, 3.05) is 17.7 Å². The lowest BCUT2D eigenvalue weighted by Gasteiger charge is -2.13. The first-order valence-corrected chi connectivity index (χ1v) is 7.18. The lowest BCUT2D eigenvalue weighted by atomic mass is 10.3. The SMILES string of the molecule is COc1ccc(Nc2cc(C(F)(F)F)nc(NC3CC3)n2)cc1F. The molecule has 9 heteroatoms. The Bertz CT molecular complexity index is 747. The van der Waals surface area contributed by atoms with Crippen molar-refractivity contribution < 1.29 is 22.3 Å². The fourth-order valence-electron chi connectivity index (χ4n) is 2.02. The molecule has 0 saturated heterocycles. The minimum atomic E-state index is -4.61. The summed E-state index contributed by atoms with van der Waals surface area (Å²) in [5, 5.41) is 5.48. The van der Waals surface area contributed by atoms with Gasteiger partial charge in [-0.15, -0.1) is 0 Å². The molecule has 1 heterocycles. The maximum Gasteiger partial charge on any atom is 0.433 e. The molecule has 1 aromatic carbocycles. The minimum Gasteiger partial charge on any atom is -0.494 e. The molecule has 0 unspecified atom stereocenters. The number of nitrogens with zero attached hydrogens (tertiary/aromatic N) is 2. The summed E-state index contributed by atoms with van der Waals surface area (Å²) in [5.74, 6) is -0.784. The molecule has 1 aromatic heterocycles. The molecule has 1 aliphatic carbocycles. The van der Waals surface area contributed by atoms with Crippen molar-refractivity contribution in [3.63, 3.8) is 0 Å². The molecular weight excluding hydrogens is 328 g/mol. The highest BCUT2D eigenvalue weighted by Crippen LogP contribution is 2.32. The van der Waals surface area contributed by atoms with Crippen LogP contribution in [0.2, 0.25) is 0 Å². The van der Waals surface area contributed by atoms with Gasteiger partial charge in [0.1, 0.15) is 5.82 Å². The maximum atomic E-state index is 13.7. The van der Waals surface area contributed by atoms with Crippen molar-refractivity contribution >= 4 is 17.5 Å². The maximum absolute atomic E-state index is 13.7. The Morgan fingerprint density at radius 2 is 1.92 bits per heavy atom. The summed E-state index contributed by atoms with van der Waals surface area (Å²) in [4.78, 5) is 7.50. The Labute approximate surface area is 135 Å². The molecule has 0 radical (unpaired) electrons. The molecule has 5 nitrogen and oxygen atoms in total. The second-order valence-electron chi connectivity index (χ2n) is 5.35. The molecule has 0 aliphatic heterocycles. The number of ether oxygens (including phenoxy) is 1. The zero-order valence-electron chi connectivity index (χ0n) is 12.6. The van der Waals surface area contributed by atoms with Gasteiger partial charge in [-0.1, -0.05) is 0 Å². The van der Waals surface area contributed by atoms with Crippen LogP contribution in [-0.4, -0.2) is 23.1 Å². The lowest BCUT2D eigenvalue weighted by Crippen LogP contribution is -2.14. The van der Waals surface area contributed by atoms with Crippen molar-refractivity contribution in [1.82, 2.24) is 9.97 Å². The third kappa shape index (κ3) is 3.84. The van der Waals surface area contributed by atoms with Crippen LogP contribution in [0, 0.1) is 5.82 Å². The minimum absolute atomic E-state index is 0.0373. The Hall–Kier alpha value is -2.58. The van der Waals surface area contributed by atoms with Crippen LogP contribution in [0.3, 0.4) is 0 Å². The van der Waals surface area contributed by atoms with Crippen LogP contribution in [-0.2, 0) is 6.18 Å². The average molecular weight is 342 g/mol. The molecule has 1 fully saturated rings. The van der Waals surface area contributed by atoms with E-state index in [2.05, 4.69) is 20.6 Å². The Kier molecular flexibility index (Phi) is 4.16. The van der Waals surface area contributed by atoms with Crippen molar-refractivity contribution in [3.8, 4) is 5.75 Å². The van der Waals surface area contributed by atoms with Gasteiger partial charge in [0.15, 0.2) is 17.3 Å². The van der Waals surface area contributed by atoms with Crippen molar-refractivity contribution in [2.45, 2.75) is 25.1 Å². The summed E-state index contributed by atoms with van der Waals surface area (Å²) in [6, 6.07) is 4.83. The van der Waals surface area contributed by atoms with Gasteiger partial charge in [-0.2, -0.15) is 18.2 Å². The molecule has 0 atom stereocenters. The number of anilines is 3. The van der Waals surface area contributed by atoms with Gasteiger partial charge in [0, 0.05) is 23.9 Å². The molecule has 2 N–H and O–H groups in total. The largest absolute Gasteiger partial charge is 0.494 e. The first-order chi connectivity index (χ1) is 11.3. The standard InChI is InChI=1S/C15H14F4N4O/c1-24-11-5-4-9(6-10(11)16)20-13-7-12(15(17,18)19)22-14(23-13)21-8-2-3-8/h4-8H,2-3H2,1H3,(H2,20,21,22,23). The van der Waals surface area contributed by atoms with Crippen LogP contribution in [0.4, 0.5) is 35.0 Å². The number of hydrogen-bond donors (Lipinski definition) is 2. The normalized spacial score (nSPS) is 14.4. The van der Waals surface area contributed by atoms with Crippen LogP contribution in [0.25, 0.3) is 0 Å². The molecule has 1 saturated carbocycles. The predicted molar refractivity (Wildman–Crippen MR) is 79.9 cm³/mol. The number of halogens is 4. The summed E-state index contributed by atoms with van der Waals surface area (Å²) < 4.78 is 57.4. The Morgan fingerprint density at radius 3 is 2.50 bits per heavy atom. The van der Waals surface area contributed by atoms with Gasteiger partial charge in [0.05, 0.1) is 7.11 Å². The van der Waals surface area contributed by atoms with E-state index in [-0.39, 0.29) is 29.2 Å². The summed E-state index contributed by atoms with van der Waals surface area (Å²) in [5.41, 5.74) is -0.824. The van der Waals surface area contributed by atoms with Gasteiger partial charge in [0.2, 0.25) is 5.95 Å². The third-order valence-corrected chi connectivity index (χ3v) is 3.35. The molecule has 0 spiro atoms. The van der Waals surface area contributed by atoms with E-state index in [4.69, 9.17) is 4.74 Å². The molecule has 3 rings (SSSR count). The molecule has 128 valence electrons. The van der Waals surface area contributed by atoms with Gasteiger partial charge in [-0.05, 0) is 25.0 Å². The van der Waals surface area contributed by atoms with Crippen LogP contribution in [0.15, 0.2) is 24.3 Å².